The summed E-state index contributed by atoms with van der Waals surface area (Å²) in [7, 11) is 0. The van der Waals surface area contributed by atoms with Gasteiger partial charge in [-0.25, -0.2) is 4.98 Å². The monoisotopic (exact) mass is 108 g/mol. The third kappa shape index (κ3) is 0.780. The van der Waals surface area contributed by atoms with Crippen LogP contribution in [0.2, 0.25) is 0 Å². The first-order valence-electron chi connectivity index (χ1n) is 2.47. The molecule has 1 N–H and O–H groups in total. The van der Waals surface area contributed by atoms with Gasteiger partial charge in [0.05, 0.1) is 5.69 Å². The van der Waals surface area contributed by atoms with E-state index in [1.807, 2.05) is 13.1 Å². The lowest BCUT2D eigenvalue weighted by atomic mass is 10.5. The lowest BCUT2D eigenvalue weighted by Crippen LogP contribution is -1.70. The Kier molecular flexibility index (Phi) is 1.16. The highest BCUT2D eigenvalue weighted by atomic mass is 14.9. The number of nitrogens with one attached hydrogen (secondary N) is 1. The van der Waals surface area contributed by atoms with Crippen LogP contribution in [0.25, 0.3) is 6.08 Å². The molecule has 42 valence electrons. The van der Waals surface area contributed by atoms with Gasteiger partial charge in [0.15, 0.2) is 0 Å². The third-order valence-electron chi connectivity index (χ3n) is 0.935. The van der Waals surface area contributed by atoms with Crippen molar-refractivity contribution in [2.24, 2.45) is 0 Å². The molecule has 8 heavy (non-hydrogen) atoms. The largest absolute Gasteiger partial charge is 0.348 e. The van der Waals surface area contributed by atoms with E-state index in [0.29, 0.717) is 0 Å². The third-order valence-corrected chi connectivity index (χ3v) is 0.935. The van der Waals surface area contributed by atoms with Crippen molar-refractivity contribution in [2.45, 2.75) is 6.92 Å². The van der Waals surface area contributed by atoms with E-state index in [2.05, 4.69) is 16.5 Å². The lowest BCUT2D eigenvalue weighted by Gasteiger charge is -1.73. The maximum atomic E-state index is 4.06. The fourth-order valence-corrected chi connectivity index (χ4v) is 0.541. The van der Waals surface area contributed by atoms with Gasteiger partial charge in [-0.3, -0.25) is 0 Å². The van der Waals surface area contributed by atoms with Crippen LogP contribution in [0.5, 0.6) is 0 Å². The standard InChI is InChI=1S/C6H8N2/c1-3-6-4-7-5(2)8-6/h3-4H,1H2,2H3,(H,7,8). The molecule has 0 spiro atoms. The zero-order valence-electron chi connectivity index (χ0n) is 4.81. The molecular weight excluding hydrogens is 100 g/mol. The van der Waals surface area contributed by atoms with Crippen LogP contribution in [0.1, 0.15) is 11.5 Å². The number of H-pyrrole nitrogens is 1. The van der Waals surface area contributed by atoms with E-state index in [1.165, 1.54) is 0 Å². The fraction of sp³-hybridized carbons (Fsp3) is 0.167. The first-order valence-corrected chi connectivity index (χ1v) is 2.47. The predicted molar refractivity (Wildman–Crippen MR) is 33.4 cm³/mol. The minimum absolute atomic E-state index is 0.905. The van der Waals surface area contributed by atoms with Crippen LogP contribution in [0.4, 0.5) is 0 Å². The molecule has 0 aliphatic rings. The van der Waals surface area contributed by atoms with E-state index in [9.17, 15) is 0 Å². The van der Waals surface area contributed by atoms with Crippen molar-refractivity contribution in [2.75, 3.05) is 0 Å². The average molecular weight is 108 g/mol. The zero-order chi connectivity index (χ0) is 5.98. The molecular formula is C6H8N2. The van der Waals surface area contributed by atoms with E-state index in [0.717, 1.165) is 11.5 Å². The maximum absolute atomic E-state index is 4.06. The van der Waals surface area contributed by atoms with Crippen LogP contribution in [0.3, 0.4) is 0 Å². The van der Waals surface area contributed by atoms with Gasteiger partial charge >= 0.3 is 0 Å². The minimum atomic E-state index is 0.905. The Morgan fingerprint density at radius 2 is 2.62 bits per heavy atom. The molecule has 0 aromatic carbocycles. The average Bonchev–Trinajstić information content (AvgIpc) is 2.14. The molecule has 0 bridgehead atoms. The Balaban J connectivity index is 3.00. The second kappa shape index (κ2) is 1.82. The number of hydrogen-bond donors (Lipinski definition) is 1. The van der Waals surface area contributed by atoms with Crippen LogP contribution in [-0.2, 0) is 0 Å². The van der Waals surface area contributed by atoms with Crippen LogP contribution in [0, 0.1) is 6.92 Å². The topological polar surface area (TPSA) is 28.7 Å². The summed E-state index contributed by atoms with van der Waals surface area (Å²) in [5.41, 5.74) is 0.905. The molecule has 0 aliphatic heterocycles. The van der Waals surface area contributed by atoms with E-state index in [-0.39, 0.29) is 0 Å². The van der Waals surface area contributed by atoms with Crippen molar-refractivity contribution < 1.29 is 0 Å². The minimum Gasteiger partial charge on any atom is -0.348 e. The summed E-state index contributed by atoms with van der Waals surface area (Å²) in [6.45, 7) is 5.47. The molecule has 0 unspecified atom stereocenters. The van der Waals surface area contributed by atoms with Gasteiger partial charge in [-0.1, -0.05) is 6.58 Å². The molecule has 0 radical (unpaired) electrons. The Hall–Kier alpha value is -1.05. The Labute approximate surface area is 48.3 Å². The summed E-state index contributed by atoms with van der Waals surface area (Å²) in [4.78, 5) is 6.99. The van der Waals surface area contributed by atoms with Gasteiger partial charge in [0, 0.05) is 6.20 Å². The lowest BCUT2D eigenvalue weighted by molar-refractivity contribution is 1.15. The van der Waals surface area contributed by atoms with Crippen molar-refractivity contribution in [3.63, 3.8) is 0 Å². The summed E-state index contributed by atoms with van der Waals surface area (Å²) in [6.07, 6.45) is 3.53. The number of aromatic nitrogens is 2. The number of nitrogens with zero attached hydrogens (tertiary/aromatic N) is 1. The highest BCUT2D eigenvalue weighted by molar-refractivity contribution is 5.39. The van der Waals surface area contributed by atoms with Crippen LogP contribution >= 0.6 is 0 Å². The van der Waals surface area contributed by atoms with Crippen molar-refractivity contribution in [1.82, 2.24) is 9.97 Å². The molecule has 2 heteroatoms. The smallest absolute Gasteiger partial charge is 0.103 e. The summed E-state index contributed by atoms with van der Waals surface area (Å²) >= 11 is 0. The van der Waals surface area contributed by atoms with E-state index >= 15 is 0 Å². The van der Waals surface area contributed by atoms with Crippen molar-refractivity contribution in [1.29, 1.82) is 0 Å². The molecule has 1 aromatic rings. The molecule has 1 rings (SSSR count). The number of rotatable bonds is 1. The Morgan fingerprint density at radius 1 is 1.88 bits per heavy atom. The summed E-state index contributed by atoms with van der Waals surface area (Å²) in [5, 5.41) is 0. The van der Waals surface area contributed by atoms with Crippen LogP contribution in [0.15, 0.2) is 12.8 Å². The molecule has 0 saturated heterocycles. The van der Waals surface area contributed by atoms with Gasteiger partial charge in [-0.15, -0.1) is 0 Å². The van der Waals surface area contributed by atoms with E-state index < -0.39 is 0 Å². The molecule has 0 aliphatic carbocycles. The molecule has 1 heterocycles. The number of aromatic amines is 1. The SMILES string of the molecule is C=Cc1c[nH]c(C)n1. The Bertz CT molecular complexity index is 188. The van der Waals surface area contributed by atoms with Gasteiger partial charge in [-0.05, 0) is 13.0 Å². The van der Waals surface area contributed by atoms with Crippen molar-refractivity contribution >= 4 is 6.08 Å². The fourth-order valence-electron chi connectivity index (χ4n) is 0.541. The van der Waals surface area contributed by atoms with E-state index in [4.69, 9.17) is 0 Å². The molecule has 0 fully saturated rings. The quantitative estimate of drug-likeness (QED) is 0.578. The maximum Gasteiger partial charge on any atom is 0.103 e. The molecule has 0 saturated carbocycles. The second-order valence-corrected chi connectivity index (χ2v) is 1.61. The second-order valence-electron chi connectivity index (χ2n) is 1.61. The normalized spacial score (nSPS) is 9.12. The molecule has 0 amide bonds. The summed E-state index contributed by atoms with van der Waals surface area (Å²) < 4.78 is 0. The Morgan fingerprint density at radius 3 is 2.88 bits per heavy atom. The predicted octanol–water partition coefficient (Wildman–Crippen LogP) is 1.36. The van der Waals surface area contributed by atoms with Crippen molar-refractivity contribution in [3.8, 4) is 0 Å². The summed E-state index contributed by atoms with van der Waals surface area (Å²) in [6, 6.07) is 0. The van der Waals surface area contributed by atoms with Crippen molar-refractivity contribution in [3.05, 3.63) is 24.3 Å². The van der Waals surface area contributed by atoms with Gasteiger partial charge in [0.2, 0.25) is 0 Å². The highest BCUT2D eigenvalue weighted by Crippen LogP contribution is 1.94. The number of hydrogen-bond acceptors (Lipinski definition) is 1. The van der Waals surface area contributed by atoms with Gasteiger partial charge in [-0.2, -0.15) is 0 Å². The zero-order valence-corrected chi connectivity index (χ0v) is 4.81. The molecule has 0 atom stereocenters. The summed E-state index contributed by atoms with van der Waals surface area (Å²) in [5.74, 6) is 0.930. The number of imidazole rings is 1. The first-order chi connectivity index (χ1) is 3.83. The van der Waals surface area contributed by atoms with Gasteiger partial charge in [0.1, 0.15) is 5.82 Å². The molecule has 2 nitrogen and oxygen atoms in total. The number of aryl methyl sites for hydroxylation is 1. The van der Waals surface area contributed by atoms with E-state index in [1.54, 1.807) is 6.08 Å². The van der Waals surface area contributed by atoms with Gasteiger partial charge < -0.3 is 4.98 Å². The highest BCUT2D eigenvalue weighted by Gasteiger charge is 1.87. The van der Waals surface area contributed by atoms with Crippen LogP contribution < -0.4 is 0 Å². The van der Waals surface area contributed by atoms with Gasteiger partial charge in [0.25, 0.3) is 0 Å². The first kappa shape index (κ1) is 5.09. The molecule has 1 aromatic heterocycles. The van der Waals surface area contributed by atoms with Crippen LogP contribution in [-0.4, -0.2) is 9.97 Å².